The SMILES string of the molecule is O[Si](O)(O)O.[H-].[H-].[Mg+2].[Nb]. The normalized spacial score (nSPS) is 8.57. The van der Waals surface area contributed by atoms with Crippen LogP contribution in [0.1, 0.15) is 2.85 Å². The predicted molar refractivity (Wildman–Crippen MR) is 22.6 cm³/mol. The van der Waals surface area contributed by atoms with Gasteiger partial charge in [0.1, 0.15) is 0 Å². The van der Waals surface area contributed by atoms with Crippen molar-refractivity contribution in [2.75, 3.05) is 0 Å². The van der Waals surface area contributed by atoms with Crippen molar-refractivity contribution in [2.24, 2.45) is 0 Å². The molecule has 0 aromatic carbocycles. The van der Waals surface area contributed by atoms with Crippen LogP contribution < -0.4 is 0 Å². The Balaban J connectivity index is -0.0000000133. The van der Waals surface area contributed by atoms with Crippen molar-refractivity contribution in [3.8, 4) is 0 Å². The number of hydrogen-bond donors (Lipinski definition) is 4. The van der Waals surface area contributed by atoms with Gasteiger partial charge in [0.25, 0.3) is 0 Å². The zero-order valence-electron chi connectivity index (χ0n) is 5.44. The fourth-order valence-corrected chi connectivity index (χ4v) is 0. The third kappa shape index (κ3) is 95.8. The van der Waals surface area contributed by atoms with E-state index in [9.17, 15) is 0 Å². The standard InChI is InChI=1S/Mg.Nb.H4O4Si.2H/c;;1-5(2,3)4;;/h;;1-4H;;/q+2;;;2*-1. The van der Waals surface area contributed by atoms with Crippen molar-refractivity contribution in [3.05, 3.63) is 0 Å². The van der Waals surface area contributed by atoms with Crippen LogP contribution in [0.3, 0.4) is 0 Å². The molecule has 41 valence electrons. The molecule has 0 amide bonds. The van der Waals surface area contributed by atoms with Crippen molar-refractivity contribution in [2.45, 2.75) is 0 Å². The predicted octanol–water partition coefficient (Wildman–Crippen LogP) is -2.77. The van der Waals surface area contributed by atoms with E-state index in [1.165, 1.54) is 0 Å². The summed E-state index contributed by atoms with van der Waals surface area (Å²) >= 11 is 0. The molecule has 0 unspecified atom stereocenters. The minimum atomic E-state index is -4.61. The third-order valence-electron chi connectivity index (χ3n) is 0. The molecule has 0 aliphatic carbocycles. The van der Waals surface area contributed by atoms with E-state index in [2.05, 4.69) is 0 Å². The zero-order valence-corrected chi connectivity index (χ0v) is 8.06. The summed E-state index contributed by atoms with van der Waals surface area (Å²) in [5.41, 5.74) is 0. The van der Waals surface area contributed by atoms with Gasteiger partial charge in [-0.2, -0.15) is 0 Å². The first-order chi connectivity index (χ1) is 2.00. The first-order valence-electron chi connectivity index (χ1n) is 0.894. The van der Waals surface area contributed by atoms with Gasteiger partial charge in [0.05, 0.1) is 0 Å². The van der Waals surface area contributed by atoms with Crippen LogP contribution in [0.4, 0.5) is 0 Å². The van der Waals surface area contributed by atoms with E-state index in [0.717, 1.165) is 0 Å². The molecule has 1 radical (unpaired) electrons. The summed E-state index contributed by atoms with van der Waals surface area (Å²) < 4.78 is 0. The molecule has 0 saturated heterocycles. The topological polar surface area (TPSA) is 80.9 Å². The second kappa shape index (κ2) is 5.70. The Morgan fingerprint density at radius 2 is 1.00 bits per heavy atom. The number of rotatable bonds is 0. The van der Waals surface area contributed by atoms with Gasteiger partial charge in [0.15, 0.2) is 0 Å². The number of hydrogen-bond acceptors (Lipinski definition) is 4. The zero-order chi connectivity index (χ0) is 4.50. The molecule has 0 aliphatic rings. The van der Waals surface area contributed by atoms with Crippen LogP contribution >= 0.6 is 0 Å². The van der Waals surface area contributed by atoms with E-state index in [4.69, 9.17) is 19.2 Å². The van der Waals surface area contributed by atoms with Gasteiger partial charge in [0, 0.05) is 22.4 Å². The van der Waals surface area contributed by atoms with Gasteiger partial charge in [-0.3, -0.25) is 0 Å². The Labute approximate surface area is 76.3 Å². The molecule has 4 N–H and O–H groups in total. The van der Waals surface area contributed by atoms with Gasteiger partial charge in [-0.05, 0) is 0 Å². The van der Waals surface area contributed by atoms with E-state index >= 15 is 0 Å². The van der Waals surface area contributed by atoms with Gasteiger partial charge in [-0.25, -0.2) is 0 Å². The van der Waals surface area contributed by atoms with Gasteiger partial charge < -0.3 is 22.0 Å². The van der Waals surface area contributed by atoms with E-state index < -0.39 is 9.05 Å². The van der Waals surface area contributed by atoms with Crippen LogP contribution in [0.25, 0.3) is 0 Å². The molecule has 0 spiro atoms. The Morgan fingerprint density at radius 1 is 1.00 bits per heavy atom. The van der Waals surface area contributed by atoms with Crippen LogP contribution in [-0.4, -0.2) is 51.3 Å². The molecule has 4 nitrogen and oxygen atoms in total. The average molecular weight is 215 g/mol. The molecule has 7 heteroatoms. The van der Waals surface area contributed by atoms with Crippen LogP contribution in [-0.2, 0) is 22.4 Å². The quantitative estimate of drug-likeness (QED) is 0.330. The third-order valence-corrected chi connectivity index (χ3v) is 0. The summed E-state index contributed by atoms with van der Waals surface area (Å²) in [7, 11) is -4.61. The van der Waals surface area contributed by atoms with E-state index in [0.29, 0.717) is 0 Å². The maximum atomic E-state index is 7.33. The minimum absolute atomic E-state index is 0. The fourth-order valence-electron chi connectivity index (χ4n) is 0. The maximum Gasteiger partial charge on any atom is 2.00 e. The fraction of sp³-hybridized carbons (Fsp3) is 0. The smallest absolute Gasteiger partial charge is 1.00 e. The van der Waals surface area contributed by atoms with Crippen molar-refractivity contribution < 1.29 is 44.4 Å². The van der Waals surface area contributed by atoms with Crippen molar-refractivity contribution in [3.63, 3.8) is 0 Å². The monoisotopic (exact) mass is 215 g/mol. The molecule has 0 aliphatic heterocycles. The molecule has 0 rings (SSSR count). The van der Waals surface area contributed by atoms with Gasteiger partial charge >= 0.3 is 32.1 Å². The summed E-state index contributed by atoms with van der Waals surface area (Å²) in [5.74, 6) is 0. The maximum absolute atomic E-state index is 7.33. The van der Waals surface area contributed by atoms with E-state index in [1.807, 2.05) is 0 Å². The summed E-state index contributed by atoms with van der Waals surface area (Å²) in [5, 5.41) is 0. The first-order valence-corrected chi connectivity index (χ1v) is 2.68. The van der Waals surface area contributed by atoms with Crippen LogP contribution in [0.5, 0.6) is 0 Å². The molecule has 0 aromatic rings. The van der Waals surface area contributed by atoms with Crippen LogP contribution in [0.2, 0.25) is 0 Å². The molecule has 0 bridgehead atoms. The Morgan fingerprint density at radius 3 is 1.00 bits per heavy atom. The second-order valence-corrected chi connectivity index (χ2v) is 1.80. The Bertz CT molecular complexity index is 34.0. The Kier molecular flexibility index (Phi) is 12.9. The molecule has 0 heterocycles. The first kappa shape index (κ1) is 15.8. The molecule has 0 aromatic heterocycles. The molecular weight excluding hydrogens is 209 g/mol. The summed E-state index contributed by atoms with van der Waals surface area (Å²) in [6, 6.07) is 0. The molecule has 7 heavy (non-hydrogen) atoms. The second-order valence-electron chi connectivity index (χ2n) is 0.600. The van der Waals surface area contributed by atoms with Gasteiger partial charge in [-0.1, -0.05) is 0 Å². The molecular formula is H6MgNbO4Si. The largest absolute Gasteiger partial charge is 2.00 e. The van der Waals surface area contributed by atoms with Gasteiger partial charge in [0.2, 0.25) is 0 Å². The van der Waals surface area contributed by atoms with Gasteiger partial charge in [-0.15, -0.1) is 0 Å². The van der Waals surface area contributed by atoms with Crippen LogP contribution in [0, 0.1) is 0 Å². The van der Waals surface area contributed by atoms with E-state index in [-0.39, 0.29) is 48.3 Å². The molecule has 0 saturated carbocycles. The summed E-state index contributed by atoms with van der Waals surface area (Å²) in [4.78, 5) is 29.3. The van der Waals surface area contributed by atoms with Crippen molar-refractivity contribution in [1.82, 2.24) is 0 Å². The van der Waals surface area contributed by atoms with Crippen LogP contribution in [0.15, 0.2) is 0 Å². The average Bonchev–Trinajstić information content (AvgIpc) is 0.722. The molecule has 0 fully saturated rings. The van der Waals surface area contributed by atoms with Crippen molar-refractivity contribution in [1.29, 1.82) is 0 Å². The Hall–Kier alpha value is 1.56. The summed E-state index contributed by atoms with van der Waals surface area (Å²) in [6.45, 7) is 0. The summed E-state index contributed by atoms with van der Waals surface area (Å²) in [6.07, 6.45) is 0. The minimum Gasteiger partial charge on any atom is -1.00 e. The van der Waals surface area contributed by atoms with E-state index in [1.54, 1.807) is 0 Å². The molecule has 0 atom stereocenters. The van der Waals surface area contributed by atoms with Crippen molar-refractivity contribution >= 4 is 32.1 Å².